The lowest BCUT2D eigenvalue weighted by atomic mass is 9.94. The Hall–Kier alpha value is -2.87. The molecule has 3 aromatic carbocycles. The van der Waals surface area contributed by atoms with Crippen LogP contribution in [0.1, 0.15) is 18.1 Å². The van der Waals surface area contributed by atoms with Crippen LogP contribution in [0.4, 0.5) is 0 Å². The predicted octanol–water partition coefficient (Wildman–Crippen LogP) is 5.56. The summed E-state index contributed by atoms with van der Waals surface area (Å²) in [6, 6.07) is 22.4. The Balaban J connectivity index is 2.20. The lowest BCUT2D eigenvalue weighted by Gasteiger charge is -2.13. The first-order valence-corrected chi connectivity index (χ1v) is 8.00. The first-order chi connectivity index (χ1) is 11.5. The number of carbonyl (C=O) groups excluding carboxylic acids is 1. The quantitative estimate of drug-likeness (QED) is 0.467. The van der Waals surface area contributed by atoms with Crippen LogP contribution in [-0.4, -0.2) is 5.97 Å². The Morgan fingerprint density at radius 3 is 1.62 bits per heavy atom. The van der Waals surface area contributed by atoms with Gasteiger partial charge >= 0.3 is 5.97 Å². The van der Waals surface area contributed by atoms with Gasteiger partial charge in [-0.3, -0.25) is 4.79 Å². The number of aryl methyl sites for hydroxylation is 2. The Labute approximate surface area is 142 Å². The second kappa shape index (κ2) is 6.71. The van der Waals surface area contributed by atoms with E-state index in [9.17, 15) is 4.79 Å². The molecule has 3 rings (SSSR count). The summed E-state index contributed by atoms with van der Waals surface area (Å²) in [6.45, 7) is 5.59. The average Bonchev–Trinajstić information content (AvgIpc) is 2.55. The van der Waals surface area contributed by atoms with E-state index in [4.69, 9.17) is 4.74 Å². The monoisotopic (exact) mass is 316 g/mol. The van der Waals surface area contributed by atoms with Crippen molar-refractivity contribution in [1.82, 2.24) is 0 Å². The van der Waals surface area contributed by atoms with Crippen LogP contribution in [0.15, 0.2) is 66.7 Å². The molecule has 120 valence electrons. The highest BCUT2D eigenvalue weighted by molar-refractivity contribution is 5.79. The highest BCUT2D eigenvalue weighted by Crippen LogP contribution is 2.34. The van der Waals surface area contributed by atoms with Crippen molar-refractivity contribution in [3.63, 3.8) is 0 Å². The molecule has 0 radical (unpaired) electrons. The molecule has 0 spiro atoms. The van der Waals surface area contributed by atoms with Gasteiger partial charge in [-0.25, -0.2) is 0 Å². The van der Waals surface area contributed by atoms with E-state index >= 15 is 0 Å². The summed E-state index contributed by atoms with van der Waals surface area (Å²) in [6.07, 6.45) is 0. The summed E-state index contributed by atoms with van der Waals surface area (Å²) >= 11 is 0. The third kappa shape index (κ3) is 3.38. The molecule has 3 aromatic rings. The molecule has 0 aliphatic carbocycles. The van der Waals surface area contributed by atoms with Crippen molar-refractivity contribution in [3.8, 4) is 28.0 Å². The smallest absolute Gasteiger partial charge is 0.308 e. The van der Waals surface area contributed by atoms with Crippen molar-refractivity contribution in [1.29, 1.82) is 0 Å². The fourth-order valence-electron chi connectivity index (χ4n) is 2.93. The van der Waals surface area contributed by atoms with Crippen molar-refractivity contribution in [2.45, 2.75) is 20.8 Å². The molecule has 0 atom stereocenters. The molecule has 0 N–H and O–H groups in total. The van der Waals surface area contributed by atoms with Gasteiger partial charge in [0.05, 0.1) is 0 Å². The second-order valence-corrected chi connectivity index (χ2v) is 5.97. The molecule has 2 heteroatoms. The van der Waals surface area contributed by atoms with Crippen LogP contribution in [0.2, 0.25) is 0 Å². The number of esters is 1. The maximum Gasteiger partial charge on any atom is 0.308 e. The molecule has 0 aliphatic rings. The van der Waals surface area contributed by atoms with Crippen LogP contribution >= 0.6 is 0 Å². The summed E-state index contributed by atoms with van der Waals surface area (Å²) in [7, 11) is 0. The van der Waals surface area contributed by atoms with Crippen LogP contribution < -0.4 is 4.74 Å². The van der Waals surface area contributed by atoms with Gasteiger partial charge in [-0.15, -0.1) is 0 Å². The van der Waals surface area contributed by atoms with Gasteiger partial charge in [-0.05, 0) is 65.4 Å². The minimum atomic E-state index is -0.312. The molecule has 0 aliphatic heterocycles. The van der Waals surface area contributed by atoms with Crippen LogP contribution in [-0.2, 0) is 4.79 Å². The van der Waals surface area contributed by atoms with Gasteiger partial charge in [0.2, 0.25) is 0 Å². The van der Waals surface area contributed by atoms with E-state index in [1.807, 2.05) is 36.4 Å². The Morgan fingerprint density at radius 1 is 0.750 bits per heavy atom. The Kier molecular flexibility index (Phi) is 4.48. The first kappa shape index (κ1) is 16.0. The van der Waals surface area contributed by atoms with Gasteiger partial charge in [0, 0.05) is 6.92 Å². The maximum atomic E-state index is 11.4. The highest BCUT2D eigenvalue weighted by atomic mass is 16.5. The number of hydrogen-bond donors (Lipinski definition) is 0. The Morgan fingerprint density at radius 2 is 1.21 bits per heavy atom. The van der Waals surface area contributed by atoms with E-state index in [0.717, 1.165) is 22.3 Å². The van der Waals surface area contributed by atoms with Gasteiger partial charge in [-0.2, -0.15) is 0 Å². The van der Waals surface area contributed by atoms with Crippen LogP contribution in [0.25, 0.3) is 22.3 Å². The van der Waals surface area contributed by atoms with E-state index < -0.39 is 0 Å². The lowest BCUT2D eigenvalue weighted by Crippen LogP contribution is -2.02. The molecular weight excluding hydrogens is 296 g/mol. The maximum absolute atomic E-state index is 11.4. The summed E-state index contributed by atoms with van der Waals surface area (Å²) in [4.78, 5) is 11.4. The zero-order chi connectivity index (χ0) is 17.1. The minimum absolute atomic E-state index is 0.312. The summed E-state index contributed by atoms with van der Waals surface area (Å²) in [5.74, 6) is 0.258. The van der Waals surface area contributed by atoms with E-state index in [1.165, 1.54) is 18.1 Å². The standard InChI is InChI=1S/C22H20O2/c1-15-8-4-6-10-21(15)18-12-19(14-20(13-18)24-17(3)23)22-11-7-5-9-16(22)2/h4-14H,1-3H3. The van der Waals surface area contributed by atoms with Gasteiger partial charge in [-0.1, -0.05) is 48.5 Å². The molecule has 0 saturated carbocycles. The van der Waals surface area contributed by atoms with Crippen LogP contribution in [0, 0.1) is 13.8 Å². The summed E-state index contributed by atoms with van der Waals surface area (Å²) in [5.41, 5.74) is 6.75. The van der Waals surface area contributed by atoms with Crippen molar-refractivity contribution < 1.29 is 9.53 Å². The normalized spacial score (nSPS) is 10.5. The molecule has 2 nitrogen and oxygen atoms in total. The van der Waals surface area contributed by atoms with Crippen molar-refractivity contribution in [2.75, 3.05) is 0 Å². The molecule has 0 bridgehead atoms. The van der Waals surface area contributed by atoms with E-state index in [-0.39, 0.29) is 5.97 Å². The van der Waals surface area contributed by atoms with E-state index in [1.54, 1.807) is 0 Å². The molecule has 0 amide bonds. The first-order valence-electron chi connectivity index (χ1n) is 8.00. The topological polar surface area (TPSA) is 26.3 Å². The molecule has 24 heavy (non-hydrogen) atoms. The SMILES string of the molecule is CC(=O)Oc1cc(-c2ccccc2C)cc(-c2ccccc2C)c1. The third-order valence-corrected chi connectivity index (χ3v) is 4.08. The summed E-state index contributed by atoms with van der Waals surface area (Å²) in [5, 5.41) is 0. The molecule has 0 aromatic heterocycles. The Bertz CT molecular complexity index is 830. The fourth-order valence-corrected chi connectivity index (χ4v) is 2.93. The molecule has 0 heterocycles. The van der Waals surface area contributed by atoms with Crippen molar-refractivity contribution in [3.05, 3.63) is 77.9 Å². The third-order valence-electron chi connectivity index (χ3n) is 4.08. The summed E-state index contributed by atoms with van der Waals surface area (Å²) < 4.78 is 5.38. The van der Waals surface area contributed by atoms with Crippen molar-refractivity contribution >= 4 is 5.97 Å². The molecule has 0 saturated heterocycles. The molecule has 0 unspecified atom stereocenters. The van der Waals surface area contributed by atoms with Gasteiger partial charge in [0.15, 0.2) is 0 Å². The van der Waals surface area contributed by atoms with Gasteiger partial charge in [0.1, 0.15) is 5.75 Å². The van der Waals surface area contributed by atoms with E-state index in [0.29, 0.717) is 5.75 Å². The minimum Gasteiger partial charge on any atom is -0.427 e. The van der Waals surface area contributed by atoms with Gasteiger partial charge in [0.25, 0.3) is 0 Å². The number of ether oxygens (including phenoxy) is 1. The molecular formula is C22H20O2. The zero-order valence-electron chi connectivity index (χ0n) is 14.2. The number of benzene rings is 3. The van der Waals surface area contributed by atoms with E-state index in [2.05, 4.69) is 44.2 Å². The predicted molar refractivity (Wildman–Crippen MR) is 98.1 cm³/mol. The van der Waals surface area contributed by atoms with Gasteiger partial charge < -0.3 is 4.74 Å². The van der Waals surface area contributed by atoms with Crippen molar-refractivity contribution in [2.24, 2.45) is 0 Å². The zero-order valence-corrected chi connectivity index (χ0v) is 14.2. The number of carbonyl (C=O) groups is 1. The molecule has 0 fully saturated rings. The van der Waals surface area contributed by atoms with Crippen LogP contribution in [0.3, 0.4) is 0 Å². The van der Waals surface area contributed by atoms with Crippen LogP contribution in [0.5, 0.6) is 5.75 Å². The number of rotatable bonds is 3. The lowest BCUT2D eigenvalue weighted by molar-refractivity contribution is -0.131. The fraction of sp³-hybridized carbons (Fsp3) is 0.136. The second-order valence-electron chi connectivity index (χ2n) is 5.97. The number of hydrogen-bond acceptors (Lipinski definition) is 2. The largest absolute Gasteiger partial charge is 0.427 e. The highest BCUT2D eigenvalue weighted by Gasteiger charge is 2.10. The average molecular weight is 316 g/mol.